The highest BCUT2D eigenvalue weighted by Crippen LogP contribution is 2.27. The smallest absolute Gasteiger partial charge is 0.240 e. The van der Waals surface area contributed by atoms with Gasteiger partial charge in [-0.25, -0.2) is 0 Å². The van der Waals surface area contributed by atoms with E-state index in [2.05, 4.69) is 11.4 Å². The minimum Gasteiger partial charge on any atom is -0.348 e. The second kappa shape index (κ2) is 6.38. The molecule has 0 saturated heterocycles. The van der Waals surface area contributed by atoms with Gasteiger partial charge in [-0.2, -0.15) is 5.26 Å². The number of nitrogens with zero attached hydrogens (tertiary/aromatic N) is 1. The molecule has 3 heteroatoms. The Morgan fingerprint density at radius 2 is 1.95 bits per heavy atom. The second-order valence-corrected chi connectivity index (χ2v) is 4.95. The minimum absolute atomic E-state index is 0.0838. The first kappa shape index (κ1) is 15.2. The number of hydrogen-bond acceptors (Lipinski definition) is 2. The summed E-state index contributed by atoms with van der Waals surface area (Å²) >= 11 is 0. The van der Waals surface area contributed by atoms with E-state index in [4.69, 9.17) is 0 Å². The highest BCUT2D eigenvalue weighted by Gasteiger charge is 2.35. The van der Waals surface area contributed by atoms with Crippen LogP contribution in [0.1, 0.15) is 50.8 Å². The van der Waals surface area contributed by atoms with Crippen molar-refractivity contribution in [3.63, 3.8) is 0 Å². The number of rotatable bonds is 5. The monoisotopic (exact) mass is 258 g/mol. The van der Waals surface area contributed by atoms with Crippen molar-refractivity contribution in [2.24, 2.45) is 5.41 Å². The molecule has 1 amide bonds. The fourth-order valence-electron chi connectivity index (χ4n) is 2.27. The fraction of sp³-hybridized carbons (Fsp3) is 0.500. The molecule has 0 bridgehead atoms. The van der Waals surface area contributed by atoms with Crippen LogP contribution < -0.4 is 5.32 Å². The van der Waals surface area contributed by atoms with Crippen LogP contribution in [0.3, 0.4) is 0 Å². The van der Waals surface area contributed by atoms with Gasteiger partial charge >= 0.3 is 0 Å². The summed E-state index contributed by atoms with van der Waals surface area (Å²) in [6.07, 6.45) is 1.07. The molecule has 1 aromatic carbocycles. The molecule has 0 aliphatic carbocycles. The number of amides is 1. The molecule has 0 radical (unpaired) electrons. The zero-order valence-electron chi connectivity index (χ0n) is 12.2. The maximum atomic E-state index is 12.3. The lowest BCUT2D eigenvalue weighted by molar-refractivity contribution is -0.129. The molecule has 19 heavy (non-hydrogen) atoms. The lowest BCUT2D eigenvalue weighted by atomic mass is 9.82. The van der Waals surface area contributed by atoms with Gasteiger partial charge in [0, 0.05) is 0 Å². The summed E-state index contributed by atoms with van der Waals surface area (Å²) in [5.74, 6) is -0.171. The SMILES string of the molecule is CCC(C#N)(CC)C(=O)NC(C)c1ccccc1C. The molecule has 1 aromatic rings. The number of aryl methyl sites for hydroxylation is 1. The summed E-state index contributed by atoms with van der Waals surface area (Å²) in [5, 5.41) is 12.2. The molecule has 1 N–H and O–H groups in total. The van der Waals surface area contributed by atoms with E-state index in [1.807, 2.05) is 52.0 Å². The van der Waals surface area contributed by atoms with Gasteiger partial charge in [0.1, 0.15) is 5.41 Å². The van der Waals surface area contributed by atoms with Crippen LogP contribution in [-0.4, -0.2) is 5.91 Å². The van der Waals surface area contributed by atoms with Crippen molar-refractivity contribution in [2.75, 3.05) is 0 Å². The Balaban J connectivity index is 2.89. The van der Waals surface area contributed by atoms with Gasteiger partial charge in [-0.05, 0) is 37.8 Å². The van der Waals surface area contributed by atoms with Gasteiger partial charge in [0.05, 0.1) is 12.1 Å². The van der Waals surface area contributed by atoms with Crippen LogP contribution in [0.5, 0.6) is 0 Å². The Kier molecular flexibility index (Phi) is 5.11. The van der Waals surface area contributed by atoms with Crippen LogP contribution in [-0.2, 0) is 4.79 Å². The van der Waals surface area contributed by atoms with E-state index in [0.29, 0.717) is 12.8 Å². The third-order valence-corrected chi connectivity index (χ3v) is 3.86. The predicted molar refractivity (Wildman–Crippen MR) is 76.4 cm³/mol. The summed E-state index contributed by atoms with van der Waals surface area (Å²) < 4.78 is 0. The summed E-state index contributed by atoms with van der Waals surface area (Å²) in [6, 6.07) is 10.1. The lowest BCUT2D eigenvalue weighted by Gasteiger charge is -2.25. The average molecular weight is 258 g/mol. The molecular weight excluding hydrogens is 236 g/mol. The first-order valence-electron chi connectivity index (χ1n) is 6.78. The number of nitriles is 1. The number of benzene rings is 1. The van der Waals surface area contributed by atoms with Crippen LogP contribution >= 0.6 is 0 Å². The van der Waals surface area contributed by atoms with Gasteiger partial charge in [-0.15, -0.1) is 0 Å². The molecule has 0 aliphatic heterocycles. The molecule has 0 saturated carbocycles. The molecule has 0 heterocycles. The van der Waals surface area contributed by atoms with Gasteiger partial charge in [-0.1, -0.05) is 38.1 Å². The number of hydrogen-bond donors (Lipinski definition) is 1. The molecule has 1 rings (SSSR count). The van der Waals surface area contributed by atoms with Crippen molar-refractivity contribution < 1.29 is 4.79 Å². The van der Waals surface area contributed by atoms with Crippen molar-refractivity contribution in [1.29, 1.82) is 5.26 Å². The van der Waals surface area contributed by atoms with Crippen LogP contribution in [0.15, 0.2) is 24.3 Å². The van der Waals surface area contributed by atoms with E-state index in [1.54, 1.807) is 0 Å². The van der Waals surface area contributed by atoms with Gasteiger partial charge < -0.3 is 5.32 Å². The maximum absolute atomic E-state index is 12.3. The molecular formula is C16H22N2O. The van der Waals surface area contributed by atoms with Crippen molar-refractivity contribution in [3.05, 3.63) is 35.4 Å². The predicted octanol–water partition coefficient (Wildman–Crippen LogP) is 3.50. The van der Waals surface area contributed by atoms with Crippen LogP contribution in [0.4, 0.5) is 0 Å². The maximum Gasteiger partial charge on any atom is 0.240 e. The molecule has 0 fully saturated rings. The Labute approximate surface area is 115 Å². The Hall–Kier alpha value is -1.82. The molecule has 0 aliphatic rings. The largest absolute Gasteiger partial charge is 0.348 e. The standard InChI is InChI=1S/C16H22N2O/c1-5-16(6-2,11-17)15(19)18-13(4)14-10-8-7-9-12(14)3/h7-10,13H,5-6H2,1-4H3,(H,18,19). The topological polar surface area (TPSA) is 52.9 Å². The fourth-order valence-corrected chi connectivity index (χ4v) is 2.27. The molecule has 0 aromatic heterocycles. The zero-order chi connectivity index (χ0) is 14.5. The van der Waals surface area contributed by atoms with E-state index in [0.717, 1.165) is 11.1 Å². The molecule has 3 nitrogen and oxygen atoms in total. The quantitative estimate of drug-likeness (QED) is 0.878. The third kappa shape index (κ3) is 3.14. The lowest BCUT2D eigenvalue weighted by Crippen LogP contribution is -2.40. The van der Waals surface area contributed by atoms with E-state index < -0.39 is 5.41 Å². The second-order valence-electron chi connectivity index (χ2n) is 4.95. The normalized spacial score (nSPS) is 12.6. The van der Waals surface area contributed by atoms with Crippen molar-refractivity contribution >= 4 is 5.91 Å². The van der Waals surface area contributed by atoms with E-state index in [1.165, 1.54) is 0 Å². The first-order chi connectivity index (χ1) is 9.00. The van der Waals surface area contributed by atoms with Gasteiger partial charge in [0.2, 0.25) is 5.91 Å². The van der Waals surface area contributed by atoms with E-state index >= 15 is 0 Å². The number of carbonyl (C=O) groups is 1. The van der Waals surface area contributed by atoms with Crippen LogP contribution in [0.2, 0.25) is 0 Å². The highest BCUT2D eigenvalue weighted by atomic mass is 16.2. The van der Waals surface area contributed by atoms with Crippen molar-refractivity contribution in [3.8, 4) is 6.07 Å². The first-order valence-corrected chi connectivity index (χ1v) is 6.78. The third-order valence-electron chi connectivity index (χ3n) is 3.86. The number of carbonyl (C=O) groups excluding carboxylic acids is 1. The molecule has 0 spiro atoms. The van der Waals surface area contributed by atoms with Gasteiger partial charge in [-0.3, -0.25) is 4.79 Å². The molecule has 1 unspecified atom stereocenters. The van der Waals surface area contributed by atoms with Crippen molar-refractivity contribution in [1.82, 2.24) is 5.32 Å². The van der Waals surface area contributed by atoms with E-state index in [9.17, 15) is 10.1 Å². The van der Waals surface area contributed by atoms with Crippen molar-refractivity contribution in [2.45, 2.75) is 46.6 Å². The van der Waals surface area contributed by atoms with E-state index in [-0.39, 0.29) is 11.9 Å². The summed E-state index contributed by atoms with van der Waals surface area (Å²) in [4.78, 5) is 12.3. The Morgan fingerprint density at radius 1 is 1.37 bits per heavy atom. The molecule has 102 valence electrons. The minimum atomic E-state index is -0.906. The summed E-state index contributed by atoms with van der Waals surface area (Å²) in [5.41, 5.74) is 1.33. The van der Waals surface area contributed by atoms with Gasteiger partial charge in [0.25, 0.3) is 0 Å². The zero-order valence-corrected chi connectivity index (χ0v) is 12.2. The summed E-state index contributed by atoms with van der Waals surface area (Å²) in [6.45, 7) is 7.73. The Bertz CT molecular complexity index is 484. The average Bonchev–Trinajstić information content (AvgIpc) is 2.41. The molecule has 1 atom stereocenters. The Morgan fingerprint density at radius 3 is 2.42 bits per heavy atom. The highest BCUT2D eigenvalue weighted by molar-refractivity contribution is 5.85. The van der Waals surface area contributed by atoms with Crippen LogP contribution in [0, 0.1) is 23.7 Å². The number of nitrogens with one attached hydrogen (secondary N) is 1. The van der Waals surface area contributed by atoms with Gasteiger partial charge in [0.15, 0.2) is 0 Å². The van der Waals surface area contributed by atoms with Crippen LogP contribution in [0.25, 0.3) is 0 Å². The summed E-state index contributed by atoms with van der Waals surface area (Å²) in [7, 11) is 0.